The van der Waals surface area contributed by atoms with E-state index in [-0.39, 0.29) is 0 Å². The van der Waals surface area contributed by atoms with Crippen molar-refractivity contribution in [2.75, 3.05) is 4.72 Å². The lowest BCUT2D eigenvalue weighted by atomic mass is 10.0. The molecule has 0 saturated heterocycles. The molecule has 0 bridgehead atoms. The lowest BCUT2D eigenvalue weighted by Crippen LogP contribution is -2.15. The van der Waals surface area contributed by atoms with Crippen molar-refractivity contribution in [2.24, 2.45) is 0 Å². The van der Waals surface area contributed by atoms with Crippen LogP contribution in [-0.2, 0) is 0 Å². The molecule has 2 N–H and O–H groups in total. The Balaban J connectivity index is 1.88. The Morgan fingerprint density at radius 3 is 2.48 bits per heavy atom. The molecule has 0 amide bonds. The summed E-state index contributed by atoms with van der Waals surface area (Å²) in [6.45, 7) is 0. The predicted molar refractivity (Wildman–Crippen MR) is 87.7 cm³/mol. The number of carboxylic acids is 1. The highest BCUT2D eigenvalue weighted by atomic mass is 32.2. The minimum Gasteiger partial charge on any atom is -0.478 e. The van der Waals surface area contributed by atoms with Crippen LogP contribution in [0.4, 0.5) is 5.69 Å². The second-order valence-corrected chi connectivity index (χ2v) is 6.31. The fourth-order valence-corrected chi connectivity index (χ4v) is 3.29. The number of anilines is 1. The molecule has 0 aromatic heterocycles. The predicted octanol–water partition coefficient (Wildman–Crippen LogP) is 4.66. The van der Waals surface area contributed by atoms with Gasteiger partial charge in [-0.2, -0.15) is 0 Å². The second kappa shape index (κ2) is 6.22. The van der Waals surface area contributed by atoms with E-state index in [1.807, 2.05) is 42.5 Å². The highest BCUT2D eigenvalue weighted by molar-refractivity contribution is 8.01. The summed E-state index contributed by atoms with van der Waals surface area (Å²) in [5.74, 6) is -0.897. The molecule has 0 spiro atoms. The zero-order valence-corrected chi connectivity index (χ0v) is 12.4. The first-order valence-corrected chi connectivity index (χ1v) is 7.96. The van der Waals surface area contributed by atoms with Gasteiger partial charge in [0.25, 0.3) is 0 Å². The Morgan fingerprint density at radius 2 is 1.86 bits per heavy atom. The van der Waals surface area contributed by atoms with Gasteiger partial charge in [-0.1, -0.05) is 42.8 Å². The number of rotatable bonds is 5. The van der Waals surface area contributed by atoms with E-state index >= 15 is 0 Å². The minimum absolute atomic E-state index is 0.321. The molecule has 21 heavy (non-hydrogen) atoms. The van der Waals surface area contributed by atoms with Gasteiger partial charge in [0.1, 0.15) is 0 Å². The van der Waals surface area contributed by atoms with Gasteiger partial charge in [-0.05, 0) is 48.0 Å². The molecule has 1 aliphatic carbocycles. The van der Waals surface area contributed by atoms with Crippen LogP contribution in [0, 0.1) is 0 Å². The van der Waals surface area contributed by atoms with Gasteiger partial charge in [-0.3, -0.25) is 0 Å². The van der Waals surface area contributed by atoms with Crippen LogP contribution in [0.3, 0.4) is 0 Å². The Morgan fingerprint density at radius 1 is 1.10 bits per heavy atom. The van der Waals surface area contributed by atoms with Gasteiger partial charge in [0.05, 0.1) is 11.3 Å². The first kappa shape index (κ1) is 14.0. The smallest absolute Gasteiger partial charge is 0.337 e. The van der Waals surface area contributed by atoms with Crippen LogP contribution >= 0.6 is 11.9 Å². The number of carbonyl (C=O) groups is 1. The monoisotopic (exact) mass is 299 g/mol. The average Bonchev–Trinajstić information content (AvgIpc) is 2.46. The van der Waals surface area contributed by atoms with Crippen LogP contribution in [0.5, 0.6) is 0 Å². The maximum Gasteiger partial charge on any atom is 0.337 e. The number of hydrogen-bond acceptors (Lipinski definition) is 3. The van der Waals surface area contributed by atoms with Crippen molar-refractivity contribution in [1.82, 2.24) is 0 Å². The maximum atomic E-state index is 11.3. The van der Waals surface area contributed by atoms with Crippen molar-refractivity contribution in [2.45, 2.75) is 24.5 Å². The third-order valence-electron chi connectivity index (χ3n) is 3.74. The van der Waals surface area contributed by atoms with E-state index in [4.69, 9.17) is 0 Å². The summed E-state index contributed by atoms with van der Waals surface area (Å²) in [7, 11) is 0. The van der Waals surface area contributed by atoms with Crippen LogP contribution in [0.15, 0.2) is 48.5 Å². The van der Waals surface area contributed by atoms with Crippen molar-refractivity contribution in [1.29, 1.82) is 0 Å². The summed E-state index contributed by atoms with van der Waals surface area (Å²) < 4.78 is 3.24. The number of benzene rings is 2. The molecule has 1 fully saturated rings. The van der Waals surface area contributed by atoms with E-state index < -0.39 is 5.97 Å². The van der Waals surface area contributed by atoms with Crippen LogP contribution in [0.25, 0.3) is 11.1 Å². The van der Waals surface area contributed by atoms with Crippen molar-refractivity contribution in [3.63, 3.8) is 0 Å². The van der Waals surface area contributed by atoms with Crippen molar-refractivity contribution < 1.29 is 9.90 Å². The molecule has 0 aliphatic heterocycles. The molecular formula is C17H17NO2S. The highest BCUT2D eigenvalue weighted by Crippen LogP contribution is 2.34. The molecule has 4 heteroatoms. The van der Waals surface area contributed by atoms with E-state index in [0.717, 1.165) is 11.1 Å². The largest absolute Gasteiger partial charge is 0.478 e. The Bertz CT molecular complexity index is 638. The summed E-state index contributed by atoms with van der Waals surface area (Å²) in [6, 6.07) is 15.4. The Labute approximate surface area is 128 Å². The molecule has 0 radical (unpaired) electrons. The third-order valence-corrected chi connectivity index (χ3v) is 4.89. The van der Waals surface area contributed by atoms with Gasteiger partial charge in [-0.25, -0.2) is 4.79 Å². The summed E-state index contributed by atoms with van der Waals surface area (Å²) in [5.41, 5.74) is 3.12. The number of nitrogens with one attached hydrogen (secondary N) is 1. The van der Waals surface area contributed by atoms with Crippen molar-refractivity contribution in [3.8, 4) is 11.1 Å². The standard InChI is InChI=1S/C17H17NO2S/c19-17(20)15-10-9-13(12-5-2-1-3-6-12)11-16(15)18-21-14-7-4-8-14/h1-3,5-6,9-11,14,18H,4,7-8H2,(H,19,20). The fourth-order valence-electron chi connectivity index (χ4n) is 2.26. The molecule has 0 unspecified atom stereocenters. The van der Waals surface area contributed by atoms with Gasteiger partial charge < -0.3 is 9.83 Å². The van der Waals surface area contributed by atoms with Crippen LogP contribution in [-0.4, -0.2) is 16.3 Å². The van der Waals surface area contributed by atoms with Crippen LogP contribution < -0.4 is 4.72 Å². The van der Waals surface area contributed by atoms with Crippen molar-refractivity contribution in [3.05, 3.63) is 54.1 Å². The SMILES string of the molecule is O=C(O)c1ccc(-c2ccccc2)cc1NSC1CCC1. The molecule has 108 valence electrons. The molecule has 3 rings (SSSR count). The first-order valence-electron chi connectivity index (χ1n) is 7.08. The summed E-state index contributed by atoms with van der Waals surface area (Å²) in [4.78, 5) is 11.3. The van der Waals surface area contributed by atoms with Gasteiger partial charge in [0.15, 0.2) is 0 Å². The number of hydrogen-bond donors (Lipinski definition) is 2. The Kier molecular flexibility index (Phi) is 4.15. The minimum atomic E-state index is -0.897. The molecular weight excluding hydrogens is 282 g/mol. The van der Waals surface area contributed by atoms with E-state index in [1.54, 1.807) is 18.0 Å². The van der Waals surface area contributed by atoms with Gasteiger partial charge in [0, 0.05) is 5.25 Å². The fraction of sp³-hybridized carbons (Fsp3) is 0.235. The third kappa shape index (κ3) is 3.22. The molecule has 2 aromatic carbocycles. The van der Waals surface area contributed by atoms with Gasteiger partial charge in [-0.15, -0.1) is 0 Å². The van der Waals surface area contributed by atoms with Gasteiger partial charge >= 0.3 is 5.97 Å². The van der Waals surface area contributed by atoms with Crippen LogP contribution in [0.2, 0.25) is 0 Å². The molecule has 0 atom stereocenters. The van der Waals surface area contributed by atoms with E-state index in [2.05, 4.69) is 4.72 Å². The normalized spacial score (nSPS) is 14.5. The zero-order chi connectivity index (χ0) is 14.7. The Hall–Kier alpha value is -1.94. The molecule has 1 aliphatic rings. The number of carboxylic acid groups (broad SMARTS) is 1. The van der Waals surface area contributed by atoms with Crippen LogP contribution in [0.1, 0.15) is 29.6 Å². The summed E-state index contributed by atoms with van der Waals surface area (Å²) in [6.07, 6.45) is 3.69. The lowest BCUT2D eigenvalue weighted by Gasteiger charge is -2.25. The topological polar surface area (TPSA) is 49.3 Å². The highest BCUT2D eigenvalue weighted by Gasteiger charge is 2.19. The van der Waals surface area contributed by atoms with E-state index in [1.165, 1.54) is 19.3 Å². The molecule has 1 saturated carbocycles. The van der Waals surface area contributed by atoms with Gasteiger partial charge in [0.2, 0.25) is 0 Å². The molecule has 3 nitrogen and oxygen atoms in total. The average molecular weight is 299 g/mol. The first-order chi connectivity index (χ1) is 10.2. The second-order valence-electron chi connectivity index (χ2n) is 5.20. The van der Waals surface area contributed by atoms with Crippen molar-refractivity contribution >= 4 is 23.6 Å². The number of aromatic carboxylic acids is 1. The quantitative estimate of drug-likeness (QED) is 0.788. The molecule has 2 aromatic rings. The van der Waals surface area contributed by atoms with E-state index in [9.17, 15) is 9.90 Å². The summed E-state index contributed by atoms with van der Waals surface area (Å²) >= 11 is 1.64. The van der Waals surface area contributed by atoms with E-state index in [0.29, 0.717) is 16.5 Å². The maximum absolute atomic E-state index is 11.3. The summed E-state index contributed by atoms with van der Waals surface area (Å²) in [5, 5.41) is 9.92. The zero-order valence-electron chi connectivity index (χ0n) is 11.6. The lowest BCUT2D eigenvalue weighted by molar-refractivity contribution is 0.0698. The molecule has 0 heterocycles.